The van der Waals surface area contributed by atoms with Gasteiger partial charge in [0.2, 0.25) is 0 Å². The highest BCUT2D eigenvalue weighted by Crippen LogP contribution is 2.35. The second-order valence-corrected chi connectivity index (χ2v) is 4.33. The number of phenolic OH excluding ortho intramolecular Hbond substituents is 1. The Morgan fingerprint density at radius 1 is 1.29 bits per heavy atom. The summed E-state index contributed by atoms with van der Waals surface area (Å²) >= 11 is 0. The Morgan fingerprint density at radius 3 is 2.50 bits per heavy atom. The Labute approximate surface area is 85.2 Å². The molecule has 0 heterocycles. The third-order valence-electron chi connectivity index (χ3n) is 2.70. The monoisotopic (exact) mass is 194 g/mol. The molecule has 0 aromatic heterocycles. The van der Waals surface area contributed by atoms with Crippen LogP contribution in [0, 0.1) is 6.92 Å². The summed E-state index contributed by atoms with van der Waals surface area (Å²) < 4.78 is 0. The maximum Gasteiger partial charge on any atom is 0.122 e. The lowest BCUT2D eigenvalue weighted by atomic mass is 9.80. The topological polar surface area (TPSA) is 40.5 Å². The van der Waals surface area contributed by atoms with Gasteiger partial charge in [0, 0.05) is 6.61 Å². The van der Waals surface area contributed by atoms with E-state index in [2.05, 4.69) is 0 Å². The summed E-state index contributed by atoms with van der Waals surface area (Å²) in [6.07, 6.45) is 0.657. The van der Waals surface area contributed by atoms with Crippen LogP contribution in [-0.4, -0.2) is 16.8 Å². The molecule has 0 saturated heterocycles. The van der Waals surface area contributed by atoms with Crippen LogP contribution < -0.4 is 0 Å². The molecular formula is C12H18O2. The van der Waals surface area contributed by atoms with Gasteiger partial charge in [0.1, 0.15) is 5.75 Å². The first kappa shape index (κ1) is 11.1. The smallest absolute Gasteiger partial charge is 0.122 e. The second kappa shape index (κ2) is 4.01. The molecule has 78 valence electrons. The molecular weight excluding hydrogens is 176 g/mol. The molecule has 0 aliphatic heterocycles. The van der Waals surface area contributed by atoms with Gasteiger partial charge >= 0.3 is 0 Å². The summed E-state index contributed by atoms with van der Waals surface area (Å²) in [6.45, 7) is 6.07. The average molecular weight is 194 g/mol. The highest BCUT2D eigenvalue weighted by molar-refractivity contribution is 5.43. The van der Waals surface area contributed by atoms with Gasteiger partial charge in [-0.25, -0.2) is 0 Å². The van der Waals surface area contributed by atoms with Crippen molar-refractivity contribution in [3.05, 3.63) is 29.3 Å². The van der Waals surface area contributed by atoms with E-state index in [0.717, 1.165) is 11.1 Å². The Kier molecular flexibility index (Phi) is 3.17. The Hall–Kier alpha value is -1.02. The second-order valence-electron chi connectivity index (χ2n) is 4.33. The van der Waals surface area contributed by atoms with Crippen LogP contribution in [0.15, 0.2) is 18.2 Å². The van der Waals surface area contributed by atoms with Crippen molar-refractivity contribution in [3.8, 4) is 5.75 Å². The highest BCUT2D eigenvalue weighted by atomic mass is 16.3. The largest absolute Gasteiger partial charge is 0.507 e. The molecule has 0 amide bonds. The van der Waals surface area contributed by atoms with Crippen molar-refractivity contribution in [2.75, 3.05) is 6.61 Å². The van der Waals surface area contributed by atoms with E-state index in [1.165, 1.54) is 0 Å². The van der Waals surface area contributed by atoms with Crippen molar-refractivity contribution >= 4 is 0 Å². The minimum Gasteiger partial charge on any atom is -0.507 e. The fraction of sp³-hybridized carbons (Fsp3) is 0.500. The zero-order valence-electron chi connectivity index (χ0n) is 9.04. The van der Waals surface area contributed by atoms with E-state index in [1.54, 1.807) is 0 Å². The lowest BCUT2D eigenvalue weighted by molar-refractivity contribution is 0.250. The van der Waals surface area contributed by atoms with Crippen LogP contribution in [0.4, 0.5) is 0 Å². The lowest BCUT2D eigenvalue weighted by Crippen LogP contribution is -2.19. The molecule has 1 aromatic carbocycles. The van der Waals surface area contributed by atoms with Crippen LogP contribution in [-0.2, 0) is 5.41 Å². The van der Waals surface area contributed by atoms with Gasteiger partial charge in [-0.1, -0.05) is 32.0 Å². The van der Waals surface area contributed by atoms with Gasteiger partial charge in [-0.3, -0.25) is 0 Å². The zero-order chi connectivity index (χ0) is 10.8. The van der Waals surface area contributed by atoms with Gasteiger partial charge in [0.05, 0.1) is 0 Å². The van der Waals surface area contributed by atoms with E-state index in [1.807, 2.05) is 39.0 Å². The van der Waals surface area contributed by atoms with E-state index in [-0.39, 0.29) is 12.0 Å². The quantitative estimate of drug-likeness (QED) is 0.775. The molecule has 1 aromatic rings. The molecule has 0 bridgehead atoms. The van der Waals surface area contributed by atoms with Crippen molar-refractivity contribution in [1.29, 1.82) is 0 Å². The van der Waals surface area contributed by atoms with E-state index in [4.69, 9.17) is 5.11 Å². The summed E-state index contributed by atoms with van der Waals surface area (Å²) in [7, 11) is 0. The molecule has 0 fully saturated rings. The molecule has 0 aliphatic carbocycles. The van der Waals surface area contributed by atoms with E-state index >= 15 is 0 Å². The first-order chi connectivity index (χ1) is 6.49. The van der Waals surface area contributed by atoms with E-state index in [9.17, 15) is 5.11 Å². The maximum absolute atomic E-state index is 9.88. The minimum atomic E-state index is -0.176. The van der Waals surface area contributed by atoms with Gasteiger partial charge in [-0.2, -0.15) is 0 Å². The molecule has 0 saturated carbocycles. The number of aryl methyl sites for hydroxylation is 1. The molecule has 0 radical (unpaired) electrons. The van der Waals surface area contributed by atoms with Crippen LogP contribution in [0.25, 0.3) is 0 Å². The van der Waals surface area contributed by atoms with E-state index in [0.29, 0.717) is 12.2 Å². The first-order valence-electron chi connectivity index (χ1n) is 4.89. The number of aromatic hydroxyl groups is 1. The fourth-order valence-electron chi connectivity index (χ4n) is 1.62. The van der Waals surface area contributed by atoms with Crippen LogP contribution in [0.2, 0.25) is 0 Å². The Bertz CT molecular complexity index is 316. The normalized spacial score (nSPS) is 11.7. The number of para-hydroxylation sites is 1. The molecule has 0 spiro atoms. The van der Waals surface area contributed by atoms with Crippen molar-refractivity contribution < 1.29 is 10.2 Å². The maximum atomic E-state index is 9.88. The van der Waals surface area contributed by atoms with Gasteiger partial charge in [0.25, 0.3) is 0 Å². The Morgan fingerprint density at radius 2 is 1.93 bits per heavy atom. The molecule has 2 heteroatoms. The number of rotatable bonds is 3. The number of aliphatic hydroxyl groups is 1. The van der Waals surface area contributed by atoms with Crippen LogP contribution in [0.1, 0.15) is 31.4 Å². The van der Waals surface area contributed by atoms with Crippen molar-refractivity contribution in [1.82, 2.24) is 0 Å². The van der Waals surface area contributed by atoms with Gasteiger partial charge in [-0.05, 0) is 29.9 Å². The minimum absolute atomic E-state index is 0.139. The predicted molar refractivity (Wildman–Crippen MR) is 57.6 cm³/mol. The third-order valence-corrected chi connectivity index (χ3v) is 2.70. The number of benzene rings is 1. The molecule has 2 nitrogen and oxygen atoms in total. The molecule has 14 heavy (non-hydrogen) atoms. The zero-order valence-corrected chi connectivity index (χ0v) is 9.04. The summed E-state index contributed by atoms with van der Waals surface area (Å²) in [6, 6.07) is 5.73. The SMILES string of the molecule is Cc1cccc(C(C)(C)CCO)c1O. The average Bonchev–Trinajstić information content (AvgIpc) is 2.09. The van der Waals surface area contributed by atoms with Gasteiger partial charge in [-0.15, -0.1) is 0 Å². The summed E-state index contributed by atoms with van der Waals surface area (Å²) in [5.41, 5.74) is 1.62. The number of hydrogen-bond acceptors (Lipinski definition) is 2. The molecule has 1 rings (SSSR count). The first-order valence-corrected chi connectivity index (χ1v) is 4.89. The summed E-state index contributed by atoms with van der Waals surface area (Å²) in [5.74, 6) is 0.353. The van der Waals surface area contributed by atoms with E-state index < -0.39 is 0 Å². The summed E-state index contributed by atoms with van der Waals surface area (Å²) in [4.78, 5) is 0. The van der Waals surface area contributed by atoms with Crippen LogP contribution in [0.3, 0.4) is 0 Å². The van der Waals surface area contributed by atoms with Crippen molar-refractivity contribution in [2.45, 2.75) is 32.6 Å². The number of aliphatic hydroxyl groups excluding tert-OH is 1. The van der Waals surface area contributed by atoms with Crippen LogP contribution >= 0.6 is 0 Å². The van der Waals surface area contributed by atoms with Crippen molar-refractivity contribution in [2.24, 2.45) is 0 Å². The molecule has 0 aliphatic rings. The molecule has 0 atom stereocenters. The van der Waals surface area contributed by atoms with Gasteiger partial charge in [0.15, 0.2) is 0 Å². The lowest BCUT2D eigenvalue weighted by Gasteiger charge is -2.25. The van der Waals surface area contributed by atoms with Crippen LogP contribution in [0.5, 0.6) is 5.75 Å². The number of phenols is 1. The molecule has 0 unspecified atom stereocenters. The van der Waals surface area contributed by atoms with Gasteiger partial charge < -0.3 is 10.2 Å². The summed E-state index contributed by atoms with van der Waals surface area (Å²) in [5, 5.41) is 18.8. The fourth-order valence-corrected chi connectivity index (χ4v) is 1.62. The number of hydrogen-bond donors (Lipinski definition) is 2. The third kappa shape index (κ3) is 2.07. The Balaban J connectivity index is 3.12. The standard InChI is InChI=1S/C12H18O2/c1-9-5-4-6-10(11(9)14)12(2,3)7-8-13/h4-6,13-14H,7-8H2,1-3H3. The highest BCUT2D eigenvalue weighted by Gasteiger charge is 2.23. The van der Waals surface area contributed by atoms with Crippen molar-refractivity contribution in [3.63, 3.8) is 0 Å². The predicted octanol–water partition coefficient (Wildman–Crippen LogP) is 2.36. The molecule has 2 N–H and O–H groups in total.